The number of nitrogens with zero attached hydrogens (tertiary/aromatic N) is 2. The molecule has 0 amide bonds. The fraction of sp³-hybridized carbons (Fsp3) is 0.500. The van der Waals surface area contributed by atoms with Gasteiger partial charge < -0.3 is 9.30 Å². The van der Waals surface area contributed by atoms with E-state index in [-0.39, 0.29) is 5.82 Å². The van der Waals surface area contributed by atoms with Crippen LogP contribution in [0.5, 0.6) is 0 Å². The molecule has 4 nitrogen and oxygen atoms in total. The molecule has 1 aromatic heterocycles. The van der Waals surface area contributed by atoms with Gasteiger partial charge in [-0.3, -0.25) is 0 Å². The fourth-order valence-corrected chi connectivity index (χ4v) is 1.26. The van der Waals surface area contributed by atoms with Crippen LogP contribution in [0.4, 0.5) is 0 Å². The standard InChI is InChI=1S/C8H11ClN2O2/c1-3-11-6(9)5-10-7(11)8(12)13-4-2/h5H,3-4H2,1-2H3. The van der Waals surface area contributed by atoms with E-state index >= 15 is 0 Å². The number of esters is 1. The normalized spacial score (nSPS) is 10.1. The van der Waals surface area contributed by atoms with Gasteiger partial charge in [0.05, 0.1) is 12.8 Å². The van der Waals surface area contributed by atoms with Gasteiger partial charge in [0.1, 0.15) is 5.15 Å². The van der Waals surface area contributed by atoms with Crippen molar-refractivity contribution >= 4 is 17.6 Å². The average Bonchev–Trinajstić information content (AvgIpc) is 2.47. The van der Waals surface area contributed by atoms with Gasteiger partial charge in [-0.1, -0.05) is 11.6 Å². The Balaban J connectivity index is 2.93. The third kappa shape index (κ3) is 2.01. The summed E-state index contributed by atoms with van der Waals surface area (Å²) < 4.78 is 6.40. The highest BCUT2D eigenvalue weighted by Crippen LogP contribution is 2.11. The van der Waals surface area contributed by atoms with Gasteiger partial charge in [0.15, 0.2) is 0 Å². The Morgan fingerprint density at radius 3 is 2.92 bits per heavy atom. The Morgan fingerprint density at radius 2 is 2.38 bits per heavy atom. The SMILES string of the molecule is CCOC(=O)c1ncc(Cl)n1CC. The Kier molecular flexibility index (Phi) is 3.31. The molecule has 0 saturated heterocycles. The minimum Gasteiger partial charge on any atom is -0.460 e. The van der Waals surface area contributed by atoms with E-state index in [1.54, 1.807) is 11.5 Å². The number of rotatable bonds is 3. The Hall–Kier alpha value is -1.03. The molecule has 1 heterocycles. The third-order valence-corrected chi connectivity index (χ3v) is 1.88. The van der Waals surface area contributed by atoms with Gasteiger partial charge in [-0.05, 0) is 13.8 Å². The maximum Gasteiger partial charge on any atom is 0.374 e. The van der Waals surface area contributed by atoms with E-state index in [9.17, 15) is 4.79 Å². The summed E-state index contributed by atoms with van der Waals surface area (Å²) in [6.45, 7) is 4.58. The zero-order valence-corrected chi connectivity index (χ0v) is 8.34. The number of imidazole rings is 1. The topological polar surface area (TPSA) is 44.1 Å². The van der Waals surface area contributed by atoms with Crippen molar-refractivity contribution in [1.82, 2.24) is 9.55 Å². The van der Waals surface area contributed by atoms with Crippen LogP contribution in [0.3, 0.4) is 0 Å². The summed E-state index contributed by atoms with van der Waals surface area (Å²) >= 11 is 5.78. The quantitative estimate of drug-likeness (QED) is 0.702. The molecule has 0 aliphatic heterocycles. The van der Waals surface area contributed by atoms with Crippen molar-refractivity contribution in [3.63, 3.8) is 0 Å². The zero-order chi connectivity index (χ0) is 9.84. The smallest absolute Gasteiger partial charge is 0.374 e. The Bertz CT molecular complexity index is 309. The molecule has 0 spiro atoms. The van der Waals surface area contributed by atoms with Gasteiger partial charge in [0, 0.05) is 6.54 Å². The molecule has 13 heavy (non-hydrogen) atoms. The lowest BCUT2D eigenvalue weighted by Gasteiger charge is -2.04. The minimum atomic E-state index is -0.434. The lowest BCUT2D eigenvalue weighted by Crippen LogP contribution is -2.12. The van der Waals surface area contributed by atoms with Gasteiger partial charge in [0.2, 0.25) is 5.82 Å². The summed E-state index contributed by atoms with van der Waals surface area (Å²) in [5.41, 5.74) is 0. The monoisotopic (exact) mass is 202 g/mol. The first-order valence-electron chi connectivity index (χ1n) is 4.08. The molecular formula is C8H11ClN2O2. The van der Waals surface area contributed by atoms with E-state index in [0.717, 1.165) is 0 Å². The number of ether oxygens (including phenoxy) is 1. The van der Waals surface area contributed by atoms with E-state index < -0.39 is 5.97 Å². The summed E-state index contributed by atoms with van der Waals surface area (Å²) in [7, 11) is 0. The average molecular weight is 203 g/mol. The van der Waals surface area contributed by atoms with Gasteiger partial charge in [-0.25, -0.2) is 9.78 Å². The molecule has 0 unspecified atom stereocenters. The van der Waals surface area contributed by atoms with E-state index in [4.69, 9.17) is 16.3 Å². The predicted molar refractivity (Wildman–Crippen MR) is 48.9 cm³/mol. The van der Waals surface area contributed by atoms with Crippen molar-refractivity contribution in [3.8, 4) is 0 Å². The molecule has 1 aromatic rings. The fourth-order valence-electron chi connectivity index (χ4n) is 1.01. The highest BCUT2D eigenvalue weighted by molar-refractivity contribution is 6.29. The van der Waals surface area contributed by atoms with Crippen molar-refractivity contribution in [2.45, 2.75) is 20.4 Å². The largest absolute Gasteiger partial charge is 0.460 e. The maximum absolute atomic E-state index is 11.3. The number of aromatic nitrogens is 2. The van der Waals surface area contributed by atoms with Crippen LogP contribution in [0, 0.1) is 0 Å². The molecule has 5 heteroatoms. The summed E-state index contributed by atoms with van der Waals surface area (Å²) in [4.78, 5) is 15.1. The molecule has 0 aliphatic rings. The number of hydrogen-bond donors (Lipinski definition) is 0. The van der Waals surface area contributed by atoms with Crippen molar-refractivity contribution in [2.24, 2.45) is 0 Å². The molecule has 0 saturated carbocycles. The van der Waals surface area contributed by atoms with E-state index in [0.29, 0.717) is 18.3 Å². The van der Waals surface area contributed by atoms with Gasteiger partial charge in [0.25, 0.3) is 0 Å². The minimum absolute atomic E-state index is 0.259. The van der Waals surface area contributed by atoms with E-state index in [1.165, 1.54) is 6.20 Å². The Labute approximate surface area is 81.5 Å². The van der Waals surface area contributed by atoms with E-state index in [1.807, 2.05) is 6.92 Å². The van der Waals surface area contributed by atoms with Gasteiger partial charge >= 0.3 is 5.97 Å². The molecule has 0 fully saturated rings. The molecule has 0 aromatic carbocycles. The van der Waals surface area contributed by atoms with Crippen molar-refractivity contribution in [2.75, 3.05) is 6.61 Å². The first kappa shape index (κ1) is 10.1. The first-order valence-corrected chi connectivity index (χ1v) is 4.46. The summed E-state index contributed by atoms with van der Waals surface area (Å²) in [6, 6.07) is 0. The molecule has 0 radical (unpaired) electrons. The van der Waals surface area contributed by atoms with E-state index in [2.05, 4.69) is 4.98 Å². The number of carbonyl (C=O) groups excluding carboxylic acids is 1. The molecule has 1 rings (SSSR count). The lowest BCUT2D eigenvalue weighted by atomic mass is 10.5. The summed E-state index contributed by atoms with van der Waals surface area (Å²) in [5, 5.41) is 0.450. The summed E-state index contributed by atoms with van der Waals surface area (Å²) in [6.07, 6.45) is 1.44. The van der Waals surface area contributed by atoms with Crippen LogP contribution in [0.15, 0.2) is 6.20 Å². The molecule has 0 aliphatic carbocycles. The summed E-state index contributed by atoms with van der Waals surface area (Å²) in [5.74, 6) is -0.175. The first-order chi connectivity index (χ1) is 6.20. The number of halogens is 1. The highest BCUT2D eigenvalue weighted by Gasteiger charge is 2.15. The molecule has 72 valence electrons. The van der Waals surface area contributed by atoms with Gasteiger partial charge in [-0.15, -0.1) is 0 Å². The molecular weight excluding hydrogens is 192 g/mol. The third-order valence-electron chi connectivity index (χ3n) is 1.58. The van der Waals surface area contributed by atoms with Crippen molar-refractivity contribution in [1.29, 1.82) is 0 Å². The molecule has 0 bridgehead atoms. The molecule has 0 N–H and O–H groups in total. The second kappa shape index (κ2) is 4.28. The van der Waals surface area contributed by atoms with Gasteiger partial charge in [-0.2, -0.15) is 0 Å². The van der Waals surface area contributed by atoms with Crippen molar-refractivity contribution in [3.05, 3.63) is 17.2 Å². The number of hydrogen-bond acceptors (Lipinski definition) is 3. The maximum atomic E-state index is 11.3. The molecule has 0 atom stereocenters. The zero-order valence-electron chi connectivity index (χ0n) is 7.58. The highest BCUT2D eigenvalue weighted by atomic mass is 35.5. The lowest BCUT2D eigenvalue weighted by molar-refractivity contribution is 0.0506. The second-order valence-corrected chi connectivity index (χ2v) is 2.76. The van der Waals surface area contributed by atoms with Crippen LogP contribution in [0.2, 0.25) is 5.15 Å². The van der Waals surface area contributed by atoms with Crippen molar-refractivity contribution < 1.29 is 9.53 Å². The van der Waals surface area contributed by atoms with Crippen LogP contribution in [0.25, 0.3) is 0 Å². The van der Waals surface area contributed by atoms with Crippen LogP contribution < -0.4 is 0 Å². The predicted octanol–water partition coefficient (Wildman–Crippen LogP) is 1.73. The number of carbonyl (C=O) groups is 1. The Morgan fingerprint density at radius 1 is 1.69 bits per heavy atom. The second-order valence-electron chi connectivity index (χ2n) is 2.37. The van der Waals surface area contributed by atoms with Crippen LogP contribution in [-0.2, 0) is 11.3 Å². The van der Waals surface area contributed by atoms with Crippen LogP contribution in [0.1, 0.15) is 24.5 Å². The van der Waals surface area contributed by atoms with Crippen LogP contribution in [-0.4, -0.2) is 22.1 Å². The van der Waals surface area contributed by atoms with Crippen LogP contribution >= 0.6 is 11.6 Å².